The summed E-state index contributed by atoms with van der Waals surface area (Å²) in [4.78, 5) is 17.0. The molecule has 1 atom stereocenters. The van der Waals surface area contributed by atoms with E-state index in [1.165, 1.54) is 0 Å². The van der Waals surface area contributed by atoms with Gasteiger partial charge in [0.1, 0.15) is 6.10 Å². The molecule has 0 aliphatic carbocycles. The van der Waals surface area contributed by atoms with Crippen LogP contribution >= 0.6 is 7.82 Å². The molecule has 1 unspecified atom stereocenters. The fourth-order valence-electron chi connectivity index (χ4n) is 0.715. The van der Waals surface area contributed by atoms with Gasteiger partial charge < -0.3 is 9.79 Å². The second kappa shape index (κ2) is 5.95. The standard InChI is InChI=1S/C8H13O4P/c1-3-5-7-8(6-4-2)12-13(9,10)11/h3,5,8H,7H2,1-2H3,(H2,9,10,11). The Labute approximate surface area is 77.9 Å². The molecule has 0 aliphatic heterocycles. The second-order valence-electron chi connectivity index (χ2n) is 2.28. The van der Waals surface area contributed by atoms with Gasteiger partial charge in [0.05, 0.1) is 0 Å². The molecule has 2 N–H and O–H groups in total. The quantitative estimate of drug-likeness (QED) is 0.413. The SMILES string of the molecule is CC#CC(CC=CC)OP(=O)(O)O. The zero-order chi connectivity index (χ0) is 10.3. The van der Waals surface area contributed by atoms with Crippen LogP contribution in [0.5, 0.6) is 0 Å². The Bertz CT molecular complexity index is 268. The minimum absolute atomic E-state index is 0.377. The van der Waals surface area contributed by atoms with Crippen molar-refractivity contribution in [3.63, 3.8) is 0 Å². The molecule has 0 bridgehead atoms. The monoisotopic (exact) mass is 204 g/mol. The largest absolute Gasteiger partial charge is 0.470 e. The van der Waals surface area contributed by atoms with Crippen LogP contribution in [0.4, 0.5) is 0 Å². The van der Waals surface area contributed by atoms with Crippen molar-refractivity contribution in [3.05, 3.63) is 12.2 Å². The van der Waals surface area contributed by atoms with Gasteiger partial charge in [0, 0.05) is 6.42 Å². The summed E-state index contributed by atoms with van der Waals surface area (Å²) >= 11 is 0. The molecule has 0 saturated heterocycles. The highest BCUT2D eigenvalue weighted by Gasteiger charge is 2.19. The lowest BCUT2D eigenvalue weighted by atomic mass is 10.2. The molecular formula is C8H13O4P. The van der Waals surface area contributed by atoms with Crippen LogP contribution in [-0.2, 0) is 9.09 Å². The van der Waals surface area contributed by atoms with Crippen molar-refractivity contribution in [3.8, 4) is 11.8 Å². The van der Waals surface area contributed by atoms with E-state index in [0.717, 1.165) is 0 Å². The lowest BCUT2D eigenvalue weighted by Gasteiger charge is -2.10. The molecule has 0 radical (unpaired) electrons. The van der Waals surface area contributed by atoms with Crippen molar-refractivity contribution in [2.75, 3.05) is 0 Å². The molecule has 0 amide bonds. The van der Waals surface area contributed by atoms with Gasteiger partial charge in [0.25, 0.3) is 0 Å². The zero-order valence-electron chi connectivity index (χ0n) is 7.60. The maximum absolute atomic E-state index is 10.5. The summed E-state index contributed by atoms with van der Waals surface area (Å²) in [7, 11) is -4.43. The molecule has 0 spiro atoms. The van der Waals surface area contributed by atoms with Gasteiger partial charge in [-0.1, -0.05) is 18.1 Å². The minimum Gasteiger partial charge on any atom is -0.303 e. The number of allylic oxidation sites excluding steroid dienone is 1. The predicted molar refractivity (Wildman–Crippen MR) is 49.8 cm³/mol. The predicted octanol–water partition coefficient (Wildman–Crippen LogP) is 1.45. The van der Waals surface area contributed by atoms with E-state index in [9.17, 15) is 4.57 Å². The molecule has 0 heterocycles. The Balaban J connectivity index is 4.24. The molecule has 0 aromatic carbocycles. The third-order valence-corrected chi connectivity index (χ3v) is 1.68. The van der Waals surface area contributed by atoms with Crippen molar-refractivity contribution in [2.24, 2.45) is 0 Å². The van der Waals surface area contributed by atoms with E-state index in [4.69, 9.17) is 9.79 Å². The summed E-state index contributed by atoms with van der Waals surface area (Å²) in [5, 5.41) is 0. The Morgan fingerprint density at radius 2 is 2.23 bits per heavy atom. The number of rotatable bonds is 4. The highest BCUT2D eigenvalue weighted by atomic mass is 31.2. The molecule has 0 aromatic heterocycles. The Morgan fingerprint density at radius 1 is 1.62 bits per heavy atom. The first kappa shape index (κ1) is 12.4. The van der Waals surface area contributed by atoms with Crippen LogP contribution in [0.25, 0.3) is 0 Å². The highest BCUT2D eigenvalue weighted by molar-refractivity contribution is 7.46. The van der Waals surface area contributed by atoms with Crippen LogP contribution in [0.15, 0.2) is 12.2 Å². The molecule has 0 rings (SSSR count). The van der Waals surface area contributed by atoms with E-state index in [1.54, 1.807) is 19.1 Å². The summed E-state index contributed by atoms with van der Waals surface area (Å²) in [6, 6.07) is 0. The van der Waals surface area contributed by atoms with Gasteiger partial charge in [-0.05, 0) is 13.8 Å². The van der Waals surface area contributed by atoms with E-state index in [0.29, 0.717) is 6.42 Å². The summed E-state index contributed by atoms with van der Waals surface area (Å²) in [5.74, 6) is 5.11. The van der Waals surface area contributed by atoms with Gasteiger partial charge in [0.15, 0.2) is 0 Å². The van der Waals surface area contributed by atoms with Crippen molar-refractivity contribution in [2.45, 2.75) is 26.4 Å². The summed E-state index contributed by atoms with van der Waals surface area (Å²) in [6.07, 6.45) is 3.16. The smallest absolute Gasteiger partial charge is 0.303 e. The van der Waals surface area contributed by atoms with Gasteiger partial charge in [-0.2, -0.15) is 0 Å². The number of phosphoric ester groups is 1. The molecule has 74 valence electrons. The van der Waals surface area contributed by atoms with Gasteiger partial charge in [-0.15, -0.1) is 5.92 Å². The number of phosphoric acid groups is 1. The third kappa shape index (κ3) is 7.76. The normalized spacial score (nSPS) is 13.8. The summed E-state index contributed by atoms with van der Waals surface area (Å²) < 4.78 is 14.9. The molecule has 13 heavy (non-hydrogen) atoms. The van der Waals surface area contributed by atoms with E-state index in [2.05, 4.69) is 16.4 Å². The van der Waals surface area contributed by atoms with Crippen LogP contribution < -0.4 is 0 Å². The van der Waals surface area contributed by atoms with E-state index < -0.39 is 13.9 Å². The lowest BCUT2D eigenvalue weighted by molar-refractivity contribution is 0.168. The van der Waals surface area contributed by atoms with Gasteiger partial charge in [-0.25, -0.2) is 4.57 Å². The summed E-state index contributed by atoms with van der Waals surface area (Å²) in [6.45, 7) is 3.40. The van der Waals surface area contributed by atoms with E-state index in [-0.39, 0.29) is 0 Å². The van der Waals surface area contributed by atoms with Crippen molar-refractivity contribution >= 4 is 7.82 Å². The van der Waals surface area contributed by atoms with Crippen molar-refractivity contribution in [1.82, 2.24) is 0 Å². The van der Waals surface area contributed by atoms with Gasteiger partial charge in [-0.3, -0.25) is 4.52 Å². The average molecular weight is 204 g/mol. The van der Waals surface area contributed by atoms with Crippen LogP contribution in [0, 0.1) is 11.8 Å². The van der Waals surface area contributed by atoms with E-state index in [1.807, 2.05) is 6.92 Å². The Morgan fingerprint density at radius 3 is 2.62 bits per heavy atom. The second-order valence-corrected chi connectivity index (χ2v) is 3.48. The van der Waals surface area contributed by atoms with Crippen molar-refractivity contribution < 1.29 is 18.9 Å². The summed E-state index contributed by atoms with van der Waals surface area (Å²) in [5.41, 5.74) is 0. The van der Waals surface area contributed by atoms with Crippen LogP contribution in [0.3, 0.4) is 0 Å². The first-order valence-corrected chi connectivity index (χ1v) is 5.30. The first-order chi connectivity index (χ1) is 5.99. The lowest BCUT2D eigenvalue weighted by Crippen LogP contribution is -2.07. The maximum Gasteiger partial charge on any atom is 0.470 e. The van der Waals surface area contributed by atoms with Crippen LogP contribution in [0.2, 0.25) is 0 Å². The average Bonchev–Trinajstić information content (AvgIpc) is 1.98. The highest BCUT2D eigenvalue weighted by Crippen LogP contribution is 2.38. The van der Waals surface area contributed by atoms with Crippen LogP contribution in [0.1, 0.15) is 20.3 Å². The Hall–Kier alpha value is -0.590. The Kier molecular flexibility index (Phi) is 5.68. The molecular weight excluding hydrogens is 191 g/mol. The molecule has 4 nitrogen and oxygen atoms in total. The third-order valence-electron chi connectivity index (χ3n) is 1.16. The molecule has 0 aliphatic rings. The first-order valence-electron chi connectivity index (χ1n) is 3.77. The molecule has 0 fully saturated rings. The fourth-order valence-corrected chi connectivity index (χ4v) is 1.19. The maximum atomic E-state index is 10.5. The van der Waals surface area contributed by atoms with Gasteiger partial charge >= 0.3 is 7.82 Å². The number of hydrogen-bond acceptors (Lipinski definition) is 2. The fraction of sp³-hybridized carbons (Fsp3) is 0.500. The molecule has 5 heteroatoms. The topological polar surface area (TPSA) is 66.8 Å². The number of hydrogen-bond donors (Lipinski definition) is 2. The van der Waals surface area contributed by atoms with E-state index >= 15 is 0 Å². The zero-order valence-corrected chi connectivity index (χ0v) is 8.49. The van der Waals surface area contributed by atoms with Gasteiger partial charge in [0.2, 0.25) is 0 Å². The molecule has 0 aromatic rings. The van der Waals surface area contributed by atoms with Crippen LogP contribution in [-0.4, -0.2) is 15.9 Å². The minimum atomic E-state index is -4.43. The molecule has 0 saturated carbocycles. The van der Waals surface area contributed by atoms with Crippen molar-refractivity contribution in [1.29, 1.82) is 0 Å².